The minimum Gasteiger partial charge on any atom is -0.491 e. The average molecular weight is 309 g/mol. The maximum atomic E-state index is 10.00. The van der Waals surface area contributed by atoms with Gasteiger partial charge < -0.3 is 25.4 Å². The number of β-amino-alcohol motifs (C(OH)–C–C–N with tert-alkyl or cyclic N) is 1. The smallest absolute Gasteiger partial charge is 0.123 e. The lowest BCUT2D eigenvalue weighted by molar-refractivity contribution is 0.0132. The van der Waals surface area contributed by atoms with Gasteiger partial charge in [0.05, 0.1) is 12.2 Å². The number of rotatable bonds is 5. The lowest BCUT2D eigenvalue weighted by atomic mass is 9.87. The molecule has 0 saturated carbocycles. The van der Waals surface area contributed by atoms with Gasteiger partial charge in [-0.1, -0.05) is 12.1 Å². The van der Waals surface area contributed by atoms with E-state index in [2.05, 4.69) is 5.32 Å². The molecule has 0 unspecified atom stereocenters. The number of aliphatic hydroxyl groups is 3. The van der Waals surface area contributed by atoms with Gasteiger partial charge in [0, 0.05) is 30.5 Å². The highest BCUT2D eigenvalue weighted by Gasteiger charge is 2.27. The van der Waals surface area contributed by atoms with E-state index in [0.717, 1.165) is 11.1 Å². The molecule has 0 heterocycles. The van der Waals surface area contributed by atoms with Crippen molar-refractivity contribution in [3.05, 3.63) is 29.3 Å². The van der Waals surface area contributed by atoms with E-state index in [1.807, 2.05) is 39.0 Å². The lowest BCUT2D eigenvalue weighted by Gasteiger charge is -2.28. The normalized spacial score (nSPS) is 23.0. The Labute approximate surface area is 131 Å². The van der Waals surface area contributed by atoms with E-state index in [-0.39, 0.29) is 12.1 Å². The average Bonchev–Trinajstić information content (AvgIpc) is 2.43. The molecule has 0 fully saturated rings. The molecule has 0 aliphatic heterocycles. The van der Waals surface area contributed by atoms with Crippen LogP contribution in [-0.4, -0.2) is 52.3 Å². The quantitative estimate of drug-likeness (QED) is 0.641. The maximum Gasteiger partial charge on any atom is 0.123 e. The van der Waals surface area contributed by atoms with E-state index < -0.39 is 18.3 Å². The summed E-state index contributed by atoms with van der Waals surface area (Å²) in [5.74, 6) is 0.679. The summed E-state index contributed by atoms with van der Waals surface area (Å²) in [5.41, 5.74) is 1.88. The summed E-state index contributed by atoms with van der Waals surface area (Å²) in [4.78, 5) is 0. The number of fused-ring (bicyclic) bond motifs is 1. The molecule has 1 aliphatic rings. The minimum absolute atomic E-state index is 0.0485. The van der Waals surface area contributed by atoms with Gasteiger partial charge in [0.1, 0.15) is 18.5 Å². The van der Waals surface area contributed by atoms with Crippen molar-refractivity contribution < 1.29 is 20.1 Å². The molecule has 22 heavy (non-hydrogen) atoms. The predicted molar refractivity (Wildman–Crippen MR) is 85.1 cm³/mol. The van der Waals surface area contributed by atoms with Gasteiger partial charge in [-0.2, -0.15) is 0 Å². The van der Waals surface area contributed by atoms with E-state index in [4.69, 9.17) is 4.74 Å². The first-order valence-corrected chi connectivity index (χ1v) is 7.79. The van der Waals surface area contributed by atoms with Crippen molar-refractivity contribution in [3.63, 3.8) is 0 Å². The first kappa shape index (κ1) is 17.2. The molecule has 0 saturated heterocycles. The fraction of sp³-hybridized carbons (Fsp3) is 0.647. The van der Waals surface area contributed by atoms with Gasteiger partial charge >= 0.3 is 0 Å². The summed E-state index contributed by atoms with van der Waals surface area (Å²) in [5, 5.41) is 32.8. The van der Waals surface area contributed by atoms with E-state index in [0.29, 0.717) is 25.1 Å². The molecule has 1 aliphatic carbocycles. The third-order valence-corrected chi connectivity index (χ3v) is 3.82. The van der Waals surface area contributed by atoms with Gasteiger partial charge in [-0.25, -0.2) is 0 Å². The number of benzene rings is 1. The Kier molecular flexibility index (Phi) is 5.45. The van der Waals surface area contributed by atoms with Crippen LogP contribution in [0.15, 0.2) is 18.2 Å². The zero-order valence-corrected chi connectivity index (χ0v) is 13.5. The standard InChI is InChI=1S/C17H27NO4/c1-17(2,3)18-9-12(19)10-22-16-6-4-5-11-7-14(20)15(21)8-13(11)16/h4-6,12,14-15,18-21H,7-10H2,1-3H3/t12-,14-,15-/m1/s1. The Morgan fingerprint density at radius 3 is 2.59 bits per heavy atom. The monoisotopic (exact) mass is 309 g/mol. The molecule has 2 rings (SSSR count). The van der Waals surface area contributed by atoms with E-state index in [9.17, 15) is 15.3 Å². The Hall–Kier alpha value is -1.14. The summed E-state index contributed by atoms with van der Waals surface area (Å²) in [6.07, 6.45) is -1.27. The lowest BCUT2D eigenvalue weighted by Crippen LogP contribution is -2.42. The van der Waals surface area contributed by atoms with Crippen LogP contribution in [0.3, 0.4) is 0 Å². The Morgan fingerprint density at radius 1 is 1.23 bits per heavy atom. The van der Waals surface area contributed by atoms with Gasteiger partial charge in [0.25, 0.3) is 0 Å². The third kappa shape index (κ3) is 4.68. The highest BCUT2D eigenvalue weighted by atomic mass is 16.5. The molecule has 1 aromatic carbocycles. The molecule has 0 aromatic heterocycles. The van der Waals surface area contributed by atoms with Gasteiger partial charge in [-0.3, -0.25) is 0 Å². The Morgan fingerprint density at radius 2 is 1.91 bits per heavy atom. The van der Waals surface area contributed by atoms with Crippen molar-refractivity contribution in [3.8, 4) is 5.75 Å². The van der Waals surface area contributed by atoms with Crippen LogP contribution < -0.4 is 10.1 Å². The molecule has 3 atom stereocenters. The zero-order valence-electron chi connectivity index (χ0n) is 13.5. The number of nitrogens with one attached hydrogen (secondary N) is 1. The fourth-order valence-corrected chi connectivity index (χ4v) is 2.54. The number of hydrogen-bond acceptors (Lipinski definition) is 5. The predicted octanol–water partition coefficient (Wildman–Crippen LogP) is 0.635. The van der Waals surface area contributed by atoms with E-state index >= 15 is 0 Å². The number of aliphatic hydroxyl groups excluding tert-OH is 3. The zero-order chi connectivity index (χ0) is 16.3. The summed E-state index contributed by atoms with van der Waals surface area (Å²) in [7, 11) is 0. The highest BCUT2D eigenvalue weighted by Crippen LogP contribution is 2.30. The molecule has 0 amide bonds. The van der Waals surface area contributed by atoms with Gasteiger partial charge in [-0.15, -0.1) is 0 Å². The molecule has 0 bridgehead atoms. The molecule has 4 N–H and O–H groups in total. The van der Waals surface area contributed by atoms with Crippen molar-refractivity contribution >= 4 is 0 Å². The van der Waals surface area contributed by atoms with Crippen molar-refractivity contribution in [1.82, 2.24) is 5.32 Å². The second-order valence-electron chi connectivity index (χ2n) is 7.03. The van der Waals surface area contributed by atoms with Crippen LogP contribution >= 0.6 is 0 Å². The van der Waals surface area contributed by atoms with Crippen LogP contribution in [0.4, 0.5) is 0 Å². The minimum atomic E-state index is -0.760. The fourth-order valence-electron chi connectivity index (χ4n) is 2.54. The SMILES string of the molecule is CC(C)(C)NC[C@@H](O)COc1cccc2c1C[C@@H](O)[C@H](O)C2. The van der Waals surface area contributed by atoms with Crippen LogP contribution in [0.1, 0.15) is 31.9 Å². The van der Waals surface area contributed by atoms with Gasteiger partial charge in [0.15, 0.2) is 0 Å². The molecule has 5 nitrogen and oxygen atoms in total. The maximum absolute atomic E-state index is 10.00. The topological polar surface area (TPSA) is 82.0 Å². The summed E-state index contributed by atoms with van der Waals surface area (Å²) < 4.78 is 5.73. The number of ether oxygens (including phenoxy) is 1. The van der Waals surface area contributed by atoms with E-state index in [1.54, 1.807) is 0 Å². The van der Waals surface area contributed by atoms with Crippen LogP contribution in [0.25, 0.3) is 0 Å². The molecule has 5 heteroatoms. The van der Waals surface area contributed by atoms with Crippen molar-refractivity contribution in [2.75, 3.05) is 13.2 Å². The van der Waals surface area contributed by atoms with Crippen LogP contribution in [0.5, 0.6) is 5.75 Å². The van der Waals surface area contributed by atoms with Crippen LogP contribution in [-0.2, 0) is 12.8 Å². The molecular weight excluding hydrogens is 282 g/mol. The van der Waals surface area contributed by atoms with Crippen LogP contribution in [0, 0.1) is 0 Å². The Balaban J connectivity index is 1.95. The van der Waals surface area contributed by atoms with Gasteiger partial charge in [-0.05, 0) is 32.4 Å². The molecule has 124 valence electrons. The Bertz CT molecular complexity index is 498. The first-order chi connectivity index (χ1) is 10.3. The van der Waals surface area contributed by atoms with Crippen LogP contribution in [0.2, 0.25) is 0 Å². The van der Waals surface area contributed by atoms with Crippen molar-refractivity contribution in [2.24, 2.45) is 0 Å². The van der Waals surface area contributed by atoms with Gasteiger partial charge in [0.2, 0.25) is 0 Å². The summed E-state index contributed by atoms with van der Waals surface area (Å²) in [6, 6.07) is 5.65. The second kappa shape index (κ2) is 6.96. The highest BCUT2D eigenvalue weighted by molar-refractivity contribution is 5.43. The van der Waals surface area contributed by atoms with E-state index in [1.165, 1.54) is 0 Å². The first-order valence-electron chi connectivity index (χ1n) is 7.79. The summed E-state index contributed by atoms with van der Waals surface area (Å²) >= 11 is 0. The molecule has 0 radical (unpaired) electrons. The third-order valence-electron chi connectivity index (χ3n) is 3.82. The summed E-state index contributed by atoms with van der Waals surface area (Å²) in [6.45, 7) is 6.78. The van der Waals surface area contributed by atoms with Crippen molar-refractivity contribution in [2.45, 2.75) is 57.5 Å². The van der Waals surface area contributed by atoms with Crippen molar-refractivity contribution in [1.29, 1.82) is 0 Å². The molecular formula is C17H27NO4. The second-order valence-corrected chi connectivity index (χ2v) is 7.03. The molecule has 1 aromatic rings. The largest absolute Gasteiger partial charge is 0.491 e. The number of hydrogen-bond donors (Lipinski definition) is 4. The molecule has 0 spiro atoms.